The summed E-state index contributed by atoms with van der Waals surface area (Å²) in [5, 5.41) is 2.93. The second-order valence-electron chi connectivity index (χ2n) is 4.65. The van der Waals surface area contributed by atoms with E-state index < -0.39 is 0 Å². The van der Waals surface area contributed by atoms with Crippen LogP contribution in [0.2, 0.25) is 0 Å². The van der Waals surface area contributed by atoms with Gasteiger partial charge in [-0.1, -0.05) is 32.0 Å². The summed E-state index contributed by atoms with van der Waals surface area (Å²) in [5.41, 5.74) is 6.84. The van der Waals surface area contributed by atoms with Crippen molar-refractivity contribution in [3.8, 4) is 11.6 Å². The molecule has 2 aromatic rings. The predicted octanol–water partition coefficient (Wildman–Crippen LogP) is 3.41. The summed E-state index contributed by atoms with van der Waals surface area (Å²) in [5.74, 6) is 2.50. The van der Waals surface area contributed by atoms with Crippen LogP contribution >= 0.6 is 0 Å². The minimum absolute atomic E-state index is 0.188. The Morgan fingerprint density at radius 2 is 2.05 bits per heavy atom. The van der Waals surface area contributed by atoms with Crippen LogP contribution in [0.25, 0.3) is 0 Å². The Morgan fingerprint density at radius 1 is 1.30 bits per heavy atom. The SMILES string of the molecule is CCC(C)c1ccccc1Oc1cc(NC)nc(N)n1. The number of aromatic nitrogens is 2. The monoisotopic (exact) mass is 272 g/mol. The molecule has 0 bridgehead atoms. The zero-order valence-corrected chi connectivity index (χ0v) is 12.1. The quantitative estimate of drug-likeness (QED) is 0.872. The second-order valence-corrected chi connectivity index (χ2v) is 4.65. The maximum atomic E-state index is 5.88. The number of para-hydroxylation sites is 1. The molecule has 0 spiro atoms. The van der Waals surface area contributed by atoms with Gasteiger partial charge in [0.1, 0.15) is 11.6 Å². The van der Waals surface area contributed by atoms with Crippen molar-refractivity contribution in [3.05, 3.63) is 35.9 Å². The Bertz CT molecular complexity index is 586. The van der Waals surface area contributed by atoms with Crippen molar-refractivity contribution in [3.63, 3.8) is 0 Å². The molecule has 0 aliphatic heterocycles. The zero-order valence-electron chi connectivity index (χ0n) is 12.1. The number of rotatable bonds is 5. The van der Waals surface area contributed by atoms with Crippen LogP contribution in [0.4, 0.5) is 11.8 Å². The first-order valence-electron chi connectivity index (χ1n) is 6.73. The summed E-state index contributed by atoms with van der Waals surface area (Å²) in [4.78, 5) is 8.15. The Balaban J connectivity index is 2.32. The van der Waals surface area contributed by atoms with E-state index >= 15 is 0 Å². The average molecular weight is 272 g/mol. The van der Waals surface area contributed by atoms with Gasteiger partial charge in [0.2, 0.25) is 11.8 Å². The van der Waals surface area contributed by atoms with Crippen molar-refractivity contribution in [2.75, 3.05) is 18.1 Å². The molecule has 106 valence electrons. The molecule has 5 nitrogen and oxygen atoms in total. The van der Waals surface area contributed by atoms with Gasteiger partial charge in [-0.25, -0.2) is 0 Å². The fourth-order valence-corrected chi connectivity index (χ4v) is 1.94. The van der Waals surface area contributed by atoms with E-state index in [0.717, 1.165) is 17.7 Å². The van der Waals surface area contributed by atoms with Gasteiger partial charge in [-0.05, 0) is 24.0 Å². The normalized spacial score (nSPS) is 11.9. The highest BCUT2D eigenvalue weighted by Crippen LogP contribution is 2.31. The molecule has 0 amide bonds. The van der Waals surface area contributed by atoms with Crippen molar-refractivity contribution in [1.82, 2.24) is 9.97 Å². The highest BCUT2D eigenvalue weighted by molar-refractivity contribution is 5.45. The summed E-state index contributed by atoms with van der Waals surface area (Å²) in [7, 11) is 1.78. The Labute approximate surface area is 119 Å². The van der Waals surface area contributed by atoms with Crippen LogP contribution in [-0.4, -0.2) is 17.0 Å². The number of nitrogens with one attached hydrogen (secondary N) is 1. The standard InChI is InChI=1S/C15H20N4O/c1-4-10(2)11-7-5-6-8-12(11)20-14-9-13(17-3)18-15(16)19-14/h5-10H,4H2,1-3H3,(H3,16,17,18,19). The number of anilines is 2. The lowest BCUT2D eigenvalue weighted by atomic mass is 9.98. The highest BCUT2D eigenvalue weighted by Gasteiger charge is 2.11. The van der Waals surface area contributed by atoms with E-state index in [4.69, 9.17) is 10.5 Å². The largest absolute Gasteiger partial charge is 0.438 e. The van der Waals surface area contributed by atoms with Crippen LogP contribution in [0.1, 0.15) is 31.7 Å². The van der Waals surface area contributed by atoms with Crippen LogP contribution in [0.15, 0.2) is 30.3 Å². The molecule has 1 aromatic heterocycles. The first-order chi connectivity index (χ1) is 9.63. The minimum atomic E-state index is 0.188. The van der Waals surface area contributed by atoms with Gasteiger partial charge in [-0.2, -0.15) is 9.97 Å². The van der Waals surface area contributed by atoms with Gasteiger partial charge in [0.25, 0.3) is 0 Å². The molecular formula is C15H20N4O. The molecule has 0 radical (unpaired) electrons. The molecule has 5 heteroatoms. The van der Waals surface area contributed by atoms with Gasteiger partial charge in [0.05, 0.1) is 0 Å². The third kappa shape index (κ3) is 3.17. The van der Waals surface area contributed by atoms with E-state index in [1.165, 1.54) is 0 Å². The fraction of sp³-hybridized carbons (Fsp3) is 0.333. The van der Waals surface area contributed by atoms with Gasteiger partial charge in [0.15, 0.2) is 0 Å². The van der Waals surface area contributed by atoms with Gasteiger partial charge in [-0.15, -0.1) is 0 Å². The van der Waals surface area contributed by atoms with E-state index in [-0.39, 0.29) is 5.95 Å². The third-order valence-electron chi connectivity index (χ3n) is 3.25. The summed E-state index contributed by atoms with van der Waals surface area (Å²) in [6.45, 7) is 4.33. The van der Waals surface area contributed by atoms with Crippen LogP contribution in [0.3, 0.4) is 0 Å². The third-order valence-corrected chi connectivity index (χ3v) is 3.25. The van der Waals surface area contributed by atoms with Crippen molar-refractivity contribution in [2.45, 2.75) is 26.2 Å². The number of hydrogen-bond acceptors (Lipinski definition) is 5. The molecule has 1 unspecified atom stereocenters. The molecule has 0 aliphatic carbocycles. The molecule has 20 heavy (non-hydrogen) atoms. The summed E-state index contributed by atoms with van der Waals surface area (Å²) >= 11 is 0. The van der Waals surface area contributed by atoms with Crippen molar-refractivity contribution >= 4 is 11.8 Å². The smallest absolute Gasteiger partial charge is 0.226 e. The average Bonchev–Trinajstić information content (AvgIpc) is 2.46. The van der Waals surface area contributed by atoms with Gasteiger partial charge >= 0.3 is 0 Å². The van der Waals surface area contributed by atoms with Gasteiger partial charge in [0, 0.05) is 13.1 Å². The lowest BCUT2D eigenvalue weighted by Crippen LogP contribution is -2.02. The van der Waals surface area contributed by atoms with Crippen LogP contribution in [-0.2, 0) is 0 Å². The zero-order chi connectivity index (χ0) is 14.5. The summed E-state index contributed by atoms with van der Waals surface area (Å²) in [6, 6.07) is 9.71. The Kier molecular flexibility index (Phi) is 4.40. The van der Waals surface area contributed by atoms with E-state index in [1.54, 1.807) is 13.1 Å². The fourth-order valence-electron chi connectivity index (χ4n) is 1.94. The predicted molar refractivity (Wildman–Crippen MR) is 81.2 cm³/mol. The van der Waals surface area contributed by atoms with Crippen molar-refractivity contribution < 1.29 is 4.74 Å². The number of nitrogens with zero attached hydrogens (tertiary/aromatic N) is 2. The summed E-state index contributed by atoms with van der Waals surface area (Å²) < 4.78 is 5.88. The Morgan fingerprint density at radius 3 is 2.75 bits per heavy atom. The van der Waals surface area contributed by atoms with Crippen molar-refractivity contribution in [1.29, 1.82) is 0 Å². The Hall–Kier alpha value is -2.30. The second kappa shape index (κ2) is 6.23. The molecular weight excluding hydrogens is 252 g/mol. The first kappa shape index (κ1) is 14.1. The van der Waals surface area contributed by atoms with Crippen LogP contribution in [0.5, 0.6) is 11.6 Å². The molecule has 0 fully saturated rings. The van der Waals surface area contributed by atoms with Crippen molar-refractivity contribution in [2.24, 2.45) is 0 Å². The van der Waals surface area contributed by atoms with E-state index in [1.807, 2.05) is 18.2 Å². The van der Waals surface area contributed by atoms with E-state index in [2.05, 4.69) is 35.2 Å². The van der Waals surface area contributed by atoms with Crippen LogP contribution < -0.4 is 15.8 Å². The molecule has 3 N–H and O–H groups in total. The maximum absolute atomic E-state index is 5.88. The molecule has 0 saturated carbocycles. The number of ether oxygens (including phenoxy) is 1. The molecule has 1 aromatic carbocycles. The van der Waals surface area contributed by atoms with E-state index in [0.29, 0.717) is 17.6 Å². The number of nitrogens with two attached hydrogens (primary N) is 1. The molecule has 1 atom stereocenters. The molecule has 2 rings (SSSR count). The van der Waals surface area contributed by atoms with Crippen LogP contribution in [0, 0.1) is 0 Å². The summed E-state index contributed by atoms with van der Waals surface area (Å²) in [6.07, 6.45) is 1.05. The first-order valence-corrected chi connectivity index (χ1v) is 6.73. The topological polar surface area (TPSA) is 73.1 Å². The number of nitrogen functional groups attached to an aromatic ring is 1. The lowest BCUT2D eigenvalue weighted by Gasteiger charge is -2.15. The van der Waals surface area contributed by atoms with Gasteiger partial charge < -0.3 is 15.8 Å². The van der Waals surface area contributed by atoms with Gasteiger partial charge in [-0.3, -0.25) is 0 Å². The number of benzene rings is 1. The molecule has 0 saturated heterocycles. The maximum Gasteiger partial charge on any atom is 0.226 e. The minimum Gasteiger partial charge on any atom is -0.438 e. The molecule has 0 aliphatic rings. The number of hydrogen-bond donors (Lipinski definition) is 2. The van der Waals surface area contributed by atoms with E-state index in [9.17, 15) is 0 Å². The lowest BCUT2D eigenvalue weighted by molar-refractivity contribution is 0.452. The highest BCUT2D eigenvalue weighted by atomic mass is 16.5. The molecule has 1 heterocycles.